The molecule has 0 unspecified atom stereocenters. The molecule has 1 aromatic rings. The van der Waals surface area contributed by atoms with Gasteiger partial charge in [-0.2, -0.15) is 13.2 Å². The molecule has 0 aliphatic heterocycles. The SMILES string of the molecule is COc1cc(C(F)(F)F)ccc1C#CCCN. The average molecular weight is 243 g/mol. The molecule has 17 heavy (non-hydrogen) atoms. The molecule has 0 amide bonds. The third-order valence-electron chi connectivity index (χ3n) is 2.02. The Bertz CT molecular complexity index is 443. The molecule has 0 aromatic heterocycles. The van der Waals surface area contributed by atoms with Crippen molar-refractivity contribution in [3.05, 3.63) is 29.3 Å². The molecule has 2 N–H and O–H groups in total. The Morgan fingerprint density at radius 2 is 2.06 bits per heavy atom. The second kappa shape index (κ2) is 5.60. The van der Waals surface area contributed by atoms with Gasteiger partial charge in [0.15, 0.2) is 0 Å². The van der Waals surface area contributed by atoms with Crippen LogP contribution in [0.1, 0.15) is 17.5 Å². The molecule has 5 heteroatoms. The normalized spacial score (nSPS) is 10.6. The molecule has 1 rings (SSSR count). The van der Waals surface area contributed by atoms with Crippen molar-refractivity contribution >= 4 is 0 Å². The quantitative estimate of drug-likeness (QED) is 0.809. The van der Waals surface area contributed by atoms with Crippen molar-refractivity contribution in [2.24, 2.45) is 5.73 Å². The van der Waals surface area contributed by atoms with E-state index in [4.69, 9.17) is 10.5 Å². The highest BCUT2D eigenvalue weighted by molar-refractivity contribution is 5.48. The Balaban J connectivity index is 3.07. The van der Waals surface area contributed by atoms with Gasteiger partial charge in [-0.1, -0.05) is 11.8 Å². The van der Waals surface area contributed by atoms with Gasteiger partial charge in [0.2, 0.25) is 0 Å². The molecule has 92 valence electrons. The van der Waals surface area contributed by atoms with Gasteiger partial charge in [0, 0.05) is 13.0 Å². The molecular formula is C12H12F3NO. The minimum Gasteiger partial charge on any atom is -0.495 e. The lowest BCUT2D eigenvalue weighted by molar-refractivity contribution is -0.137. The molecule has 1 aromatic carbocycles. The van der Waals surface area contributed by atoms with E-state index in [1.807, 2.05) is 0 Å². The minimum atomic E-state index is -4.38. The van der Waals surface area contributed by atoms with E-state index in [0.717, 1.165) is 12.1 Å². The van der Waals surface area contributed by atoms with E-state index in [1.165, 1.54) is 13.2 Å². The molecule has 0 fully saturated rings. The number of hydrogen-bond acceptors (Lipinski definition) is 2. The monoisotopic (exact) mass is 243 g/mol. The van der Waals surface area contributed by atoms with Gasteiger partial charge >= 0.3 is 6.18 Å². The summed E-state index contributed by atoms with van der Waals surface area (Å²) in [5.41, 5.74) is 4.94. The predicted octanol–water partition coefficient (Wildman–Crippen LogP) is 2.41. The smallest absolute Gasteiger partial charge is 0.416 e. The van der Waals surface area contributed by atoms with Crippen LogP contribution in [0.5, 0.6) is 5.75 Å². The first kappa shape index (κ1) is 13.4. The Morgan fingerprint density at radius 3 is 2.59 bits per heavy atom. The zero-order valence-electron chi connectivity index (χ0n) is 9.27. The van der Waals surface area contributed by atoms with Crippen molar-refractivity contribution in [2.75, 3.05) is 13.7 Å². The molecule has 0 bridgehead atoms. The van der Waals surface area contributed by atoms with Crippen molar-refractivity contribution in [3.63, 3.8) is 0 Å². The standard InChI is InChI=1S/C12H12F3NO/c1-17-11-8-10(12(13,14)15)6-5-9(11)4-2-3-7-16/h5-6,8H,3,7,16H2,1H3. The summed E-state index contributed by atoms with van der Waals surface area (Å²) < 4.78 is 42.2. The van der Waals surface area contributed by atoms with Gasteiger partial charge < -0.3 is 10.5 Å². The Hall–Kier alpha value is -1.67. The summed E-state index contributed by atoms with van der Waals surface area (Å²) in [5, 5.41) is 0. The van der Waals surface area contributed by atoms with Gasteiger partial charge in [-0.3, -0.25) is 0 Å². The summed E-state index contributed by atoms with van der Waals surface area (Å²) in [5.74, 6) is 5.58. The Morgan fingerprint density at radius 1 is 1.35 bits per heavy atom. The van der Waals surface area contributed by atoms with Crippen LogP contribution in [0, 0.1) is 11.8 Å². The zero-order valence-corrected chi connectivity index (χ0v) is 9.27. The summed E-state index contributed by atoms with van der Waals surface area (Å²) in [7, 11) is 1.31. The molecule has 0 saturated heterocycles. The number of benzene rings is 1. The topological polar surface area (TPSA) is 35.2 Å². The van der Waals surface area contributed by atoms with Crippen molar-refractivity contribution in [3.8, 4) is 17.6 Å². The second-order valence-electron chi connectivity index (χ2n) is 3.25. The van der Waals surface area contributed by atoms with Gasteiger partial charge in [-0.15, -0.1) is 0 Å². The fourth-order valence-electron chi connectivity index (χ4n) is 1.20. The number of rotatable bonds is 2. The number of halogens is 3. The molecular weight excluding hydrogens is 231 g/mol. The second-order valence-corrected chi connectivity index (χ2v) is 3.25. The molecule has 0 atom stereocenters. The number of ether oxygens (including phenoxy) is 1. The third-order valence-corrected chi connectivity index (χ3v) is 2.02. The highest BCUT2D eigenvalue weighted by Crippen LogP contribution is 2.32. The van der Waals surface area contributed by atoms with E-state index in [1.54, 1.807) is 0 Å². The van der Waals surface area contributed by atoms with Crippen LogP contribution >= 0.6 is 0 Å². The van der Waals surface area contributed by atoms with Crippen LogP contribution in [-0.2, 0) is 6.18 Å². The zero-order chi connectivity index (χ0) is 12.9. The first-order chi connectivity index (χ1) is 7.99. The molecule has 0 saturated carbocycles. The highest BCUT2D eigenvalue weighted by Gasteiger charge is 2.31. The van der Waals surface area contributed by atoms with Crippen molar-refractivity contribution in [2.45, 2.75) is 12.6 Å². The maximum absolute atomic E-state index is 12.4. The van der Waals surface area contributed by atoms with E-state index < -0.39 is 11.7 Å². The summed E-state index contributed by atoms with van der Waals surface area (Å²) in [6, 6.07) is 3.21. The average Bonchev–Trinajstić information content (AvgIpc) is 2.28. The Labute approximate surface area is 97.6 Å². The van der Waals surface area contributed by atoms with Gasteiger partial charge in [0.25, 0.3) is 0 Å². The van der Waals surface area contributed by atoms with E-state index in [9.17, 15) is 13.2 Å². The highest BCUT2D eigenvalue weighted by atomic mass is 19.4. The lowest BCUT2D eigenvalue weighted by Crippen LogP contribution is -2.05. The maximum Gasteiger partial charge on any atom is 0.416 e. The molecule has 0 radical (unpaired) electrons. The Kier molecular flexibility index (Phi) is 4.41. The van der Waals surface area contributed by atoms with E-state index >= 15 is 0 Å². The fourth-order valence-corrected chi connectivity index (χ4v) is 1.20. The van der Waals surface area contributed by atoms with Crippen LogP contribution in [0.2, 0.25) is 0 Å². The lowest BCUT2D eigenvalue weighted by atomic mass is 10.1. The summed E-state index contributed by atoms with van der Waals surface area (Å²) in [6.45, 7) is 0.413. The molecule has 2 nitrogen and oxygen atoms in total. The number of hydrogen-bond donors (Lipinski definition) is 1. The largest absolute Gasteiger partial charge is 0.495 e. The summed E-state index contributed by atoms with van der Waals surface area (Å²) in [4.78, 5) is 0. The van der Waals surface area contributed by atoms with E-state index in [0.29, 0.717) is 18.5 Å². The van der Waals surface area contributed by atoms with Crippen molar-refractivity contribution in [1.82, 2.24) is 0 Å². The molecule has 0 spiro atoms. The van der Waals surface area contributed by atoms with Gasteiger partial charge in [-0.05, 0) is 18.2 Å². The number of methoxy groups -OCH3 is 1. The van der Waals surface area contributed by atoms with Gasteiger partial charge in [0.05, 0.1) is 18.2 Å². The van der Waals surface area contributed by atoms with Crippen molar-refractivity contribution < 1.29 is 17.9 Å². The van der Waals surface area contributed by atoms with Crippen LogP contribution in [0.4, 0.5) is 13.2 Å². The third kappa shape index (κ3) is 3.68. The summed E-state index contributed by atoms with van der Waals surface area (Å²) in [6.07, 6.45) is -3.89. The lowest BCUT2D eigenvalue weighted by Gasteiger charge is -2.09. The van der Waals surface area contributed by atoms with Crippen LogP contribution < -0.4 is 10.5 Å². The molecule has 0 heterocycles. The molecule has 0 aliphatic rings. The van der Waals surface area contributed by atoms with Crippen LogP contribution in [0.15, 0.2) is 18.2 Å². The minimum absolute atomic E-state index is 0.115. The maximum atomic E-state index is 12.4. The number of alkyl halides is 3. The fraction of sp³-hybridized carbons (Fsp3) is 0.333. The van der Waals surface area contributed by atoms with E-state index in [2.05, 4.69) is 11.8 Å². The van der Waals surface area contributed by atoms with Crippen molar-refractivity contribution in [1.29, 1.82) is 0 Å². The van der Waals surface area contributed by atoms with Gasteiger partial charge in [-0.25, -0.2) is 0 Å². The van der Waals surface area contributed by atoms with Crippen LogP contribution in [0.25, 0.3) is 0 Å². The predicted molar refractivity (Wildman–Crippen MR) is 58.5 cm³/mol. The van der Waals surface area contributed by atoms with Crippen LogP contribution in [0.3, 0.4) is 0 Å². The summed E-state index contributed by atoms with van der Waals surface area (Å²) >= 11 is 0. The van der Waals surface area contributed by atoms with Crippen LogP contribution in [-0.4, -0.2) is 13.7 Å². The molecule has 0 aliphatic carbocycles. The first-order valence-electron chi connectivity index (χ1n) is 4.93. The van der Waals surface area contributed by atoms with Gasteiger partial charge in [0.1, 0.15) is 5.75 Å². The van der Waals surface area contributed by atoms with E-state index in [-0.39, 0.29) is 5.75 Å². The first-order valence-corrected chi connectivity index (χ1v) is 4.93. The number of nitrogens with two attached hydrogens (primary N) is 1.